The molecule has 0 unspecified atom stereocenters. The molecule has 4 heterocycles. The average molecular weight is 431 g/mol. The van der Waals surface area contributed by atoms with Gasteiger partial charge in [-0.2, -0.15) is 10.1 Å². The van der Waals surface area contributed by atoms with E-state index in [1.54, 1.807) is 29.5 Å². The van der Waals surface area contributed by atoms with Gasteiger partial charge < -0.3 is 10.2 Å². The van der Waals surface area contributed by atoms with Gasteiger partial charge in [-0.15, -0.1) is 0 Å². The van der Waals surface area contributed by atoms with E-state index in [1.165, 1.54) is 0 Å². The van der Waals surface area contributed by atoms with Crippen LogP contribution in [0.2, 0.25) is 0 Å². The Morgan fingerprint density at radius 1 is 1.19 bits per heavy atom. The molecule has 1 saturated carbocycles. The normalized spacial score (nSPS) is 15.6. The first-order valence-electron chi connectivity index (χ1n) is 10.8. The van der Waals surface area contributed by atoms with E-state index < -0.39 is 0 Å². The van der Waals surface area contributed by atoms with E-state index in [4.69, 9.17) is 4.98 Å². The lowest BCUT2D eigenvalue weighted by Crippen LogP contribution is -2.47. The molecule has 1 fully saturated rings. The maximum absolute atomic E-state index is 12.6. The van der Waals surface area contributed by atoms with E-state index in [0.717, 1.165) is 34.8 Å². The van der Waals surface area contributed by atoms with Gasteiger partial charge in [-0.25, -0.2) is 9.67 Å². The smallest absolute Gasteiger partial charge is 0.242 e. The molecule has 1 amide bonds. The quantitative estimate of drug-likeness (QED) is 0.502. The van der Waals surface area contributed by atoms with E-state index in [9.17, 15) is 4.79 Å². The monoisotopic (exact) mass is 430 g/mol. The highest BCUT2D eigenvalue weighted by Crippen LogP contribution is 2.43. The van der Waals surface area contributed by atoms with Crippen LogP contribution in [-0.4, -0.2) is 48.7 Å². The summed E-state index contributed by atoms with van der Waals surface area (Å²) < 4.78 is 1.62. The third-order valence-corrected chi connectivity index (χ3v) is 6.09. The van der Waals surface area contributed by atoms with Crippen LogP contribution in [0.15, 0.2) is 43.0 Å². The molecule has 0 bridgehead atoms. The first kappa shape index (κ1) is 20.3. The number of anilines is 1. The maximum atomic E-state index is 12.6. The molecule has 0 saturated heterocycles. The summed E-state index contributed by atoms with van der Waals surface area (Å²) in [6.45, 7) is 5.01. The summed E-state index contributed by atoms with van der Waals surface area (Å²) in [6, 6.07) is 6.13. The first-order valence-corrected chi connectivity index (χ1v) is 10.8. The van der Waals surface area contributed by atoms with Crippen LogP contribution in [0.4, 0.5) is 5.95 Å². The molecular formula is C23H26N8O. The highest BCUT2D eigenvalue weighted by atomic mass is 16.2. The van der Waals surface area contributed by atoms with E-state index in [-0.39, 0.29) is 12.5 Å². The Balaban J connectivity index is 1.26. The summed E-state index contributed by atoms with van der Waals surface area (Å²) in [6.07, 6.45) is 9.18. The van der Waals surface area contributed by atoms with Crippen LogP contribution in [0, 0.1) is 5.41 Å². The van der Waals surface area contributed by atoms with Crippen LogP contribution >= 0.6 is 0 Å². The Hall–Kier alpha value is -3.62. The van der Waals surface area contributed by atoms with Crippen LogP contribution in [0.25, 0.3) is 22.1 Å². The minimum Gasteiger partial charge on any atom is -0.350 e. The van der Waals surface area contributed by atoms with Crippen molar-refractivity contribution in [1.29, 1.82) is 0 Å². The molecule has 32 heavy (non-hydrogen) atoms. The molecule has 9 heteroatoms. The summed E-state index contributed by atoms with van der Waals surface area (Å²) in [5.41, 5.74) is 3.56. The molecule has 0 spiro atoms. The van der Waals surface area contributed by atoms with Crippen LogP contribution in [0.3, 0.4) is 0 Å². The first-order chi connectivity index (χ1) is 15.4. The molecule has 0 aliphatic heterocycles. The zero-order valence-electron chi connectivity index (χ0n) is 18.5. The molecule has 0 radical (unpaired) electrons. The van der Waals surface area contributed by atoms with Gasteiger partial charge in [-0.1, -0.05) is 13.8 Å². The van der Waals surface area contributed by atoms with Crippen molar-refractivity contribution in [1.82, 2.24) is 35.0 Å². The standard InChI is InChI=1S/C23H26N8O/c1-23(2)8-17(9-23)30(3)22-27-12-16-13-28-31(21(16)29-22)14-20(32)26-11-15-7-19-18(25-10-15)5-4-6-24-19/h4-7,10,12-13,17H,8-9,11,14H2,1-3H3,(H,26,32). The third kappa shape index (κ3) is 3.98. The number of hydrogen-bond acceptors (Lipinski definition) is 7. The van der Waals surface area contributed by atoms with Crippen molar-refractivity contribution in [2.75, 3.05) is 11.9 Å². The Bertz CT molecular complexity index is 1290. The van der Waals surface area contributed by atoms with Crippen molar-refractivity contribution in [2.45, 2.75) is 45.8 Å². The second-order valence-corrected chi connectivity index (χ2v) is 9.25. The SMILES string of the molecule is CN(c1ncc2cnn(CC(=O)NCc3cnc4cccnc4c3)c2n1)C1CC(C)(C)C1. The summed E-state index contributed by atoms with van der Waals surface area (Å²) in [5.74, 6) is 0.514. The van der Waals surface area contributed by atoms with Gasteiger partial charge in [0.15, 0.2) is 5.65 Å². The van der Waals surface area contributed by atoms with Crippen LogP contribution < -0.4 is 10.2 Å². The van der Waals surface area contributed by atoms with E-state index in [1.807, 2.05) is 25.2 Å². The second-order valence-electron chi connectivity index (χ2n) is 9.25. The lowest BCUT2D eigenvalue weighted by Gasteiger charge is -2.46. The summed E-state index contributed by atoms with van der Waals surface area (Å²) in [7, 11) is 2.03. The van der Waals surface area contributed by atoms with Gasteiger partial charge in [-0.05, 0) is 42.0 Å². The van der Waals surface area contributed by atoms with Gasteiger partial charge in [0.1, 0.15) is 6.54 Å². The average Bonchev–Trinajstić information content (AvgIpc) is 3.17. The minimum absolute atomic E-state index is 0.0827. The van der Waals surface area contributed by atoms with Crippen molar-refractivity contribution in [3.63, 3.8) is 0 Å². The fourth-order valence-electron chi connectivity index (χ4n) is 4.28. The topological polar surface area (TPSA) is 102 Å². The number of carbonyl (C=O) groups excluding carboxylic acids is 1. The lowest BCUT2D eigenvalue weighted by atomic mass is 9.68. The summed E-state index contributed by atoms with van der Waals surface area (Å²) in [4.78, 5) is 32.6. The molecule has 4 aromatic rings. The third-order valence-electron chi connectivity index (χ3n) is 6.09. The van der Waals surface area contributed by atoms with Crippen LogP contribution in [0.5, 0.6) is 0 Å². The Labute approximate surface area is 185 Å². The molecule has 0 atom stereocenters. The number of aromatic nitrogens is 6. The predicted octanol–water partition coefficient (Wildman–Crippen LogP) is 2.71. The van der Waals surface area contributed by atoms with E-state index in [0.29, 0.717) is 29.6 Å². The van der Waals surface area contributed by atoms with Gasteiger partial charge in [0, 0.05) is 38.2 Å². The number of rotatable bonds is 6. The van der Waals surface area contributed by atoms with Gasteiger partial charge in [0.05, 0.1) is 22.6 Å². The van der Waals surface area contributed by atoms with E-state index >= 15 is 0 Å². The largest absolute Gasteiger partial charge is 0.350 e. The van der Waals surface area contributed by atoms with Gasteiger partial charge in [-0.3, -0.25) is 14.8 Å². The van der Waals surface area contributed by atoms with Crippen molar-refractivity contribution in [3.05, 3.63) is 48.5 Å². The van der Waals surface area contributed by atoms with Gasteiger partial charge >= 0.3 is 0 Å². The van der Waals surface area contributed by atoms with Crippen molar-refractivity contribution in [2.24, 2.45) is 5.41 Å². The molecule has 1 N–H and O–H groups in total. The van der Waals surface area contributed by atoms with Crippen molar-refractivity contribution in [3.8, 4) is 0 Å². The number of amides is 1. The number of fused-ring (bicyclic) bond motifs is 2. The number of nitrogens with one attached hydrogen (secondary N) is 1. The number of nitrogens with zero attached hydrogens (tertiary/aromatic N) is 7. The highest BCUT2D eigenvalue weighted by molar-refractivity contribution is 5.80. The minimum atomic E-state index is -0.148. The Morgan fingerprint density at radius 2 is 2.03 bits per heavy atom. The maximum Gasteiger partial charge on any atom is 0.242 e. The van der Waals surface area contributed by atoms with Crippen LogP contribution in [-0.2, 0) is 17.9 Å². The Morgan fingerprint density at radius 3 is 2.84 bits per heavy atom. The van der Waals surface area contributed by atoms with Crippen molar-refractivity contribution < 1.29 is 4.79 Å². The number of hydrogen-bond donors (Lipinski definition) is 1. The number of pyridine rings is 2. The highest BCUT2D eigenvalue weighted by Gasteiger charge is 2.39. The molecular weight excluding hydrogens is 404 g/mol. The summed E-state index contributed by atoms with van der Waals surface area (Å²) >= 11 is 0. The fraction of sp³-hybridized carbons (Fsp3) is 0.391. The second kappa shape index (κ2) is 7.81. The van der Waals surface area contributed by atoms with Crippen molar-refractivity contribution >= 4 is 33.9 Å². The van der Waals surface area contributed by atoms with Crippen LogP contribution in [0.1, 0.15) is 32.3 Å². The molecule has 1 aliphatic rings. The predicted molar refractivity (Wildman–Crippen MR) is 122 cm³/mol. The molecule has 0 aromatic carbocycles. The zero-order valence-corrected chi connectivity index (χ0v) is 18.5. The summed E-state index contributed by atoms with van der Waals surface area (Å²) in [5, 5.41) is 8.09. The Kier molecular flexibility index (Phi) is 4.96. The number of carbonyl (C=O) groups is 1. The van der Waals surface area contributed by atoms with E-state index in [2.05, 4.69) is 44.1 Å². The molecule has 164 valence electrons. The molecule has 1 aliphatic carbocycles. The fourth-order valence-corrected chi connectivity index (χ4v) is 4.28. The lowest BCUT2D eigenvalue weighted by molar-refractivity contribution is -0.121. The molecule has 5 rings (SSSR count). The zero-order chi connectivity index (χ0) is 22.3. The van der Waals surface area contributed by atoms with Gasteiger partial charge in [0.2, 0.25) is 11.9 Å². The van der Waals surface area contributed by atoms with Gasteiger partial charge in [0.25, 0.3) is 0 Å². The molecule has 4 aromatic heterocycles. The molecule has 9 nitrogen and oxygen atoms in total.